The minimum atomic E-state index is -1.66. The summed E-state index contributed by atoms with van der Waals surface area (Å²) in [5, 5.41) is 18.1. The molecule has 0 saturated carbocycles. The minimum Gasteiger partial charge on any atom is -0.465 e. The standard InChI is InChI=1S/C9H12BNO4/c1-5-7(9(12)15-2)3-6(11)4-8(5)10(13)14/h3-4,13-14H,11H2,1-2H3. The van der Waals surface area contributed by atoms with Gasteiger partial charge in [-0.1, -0.05) is 0 Å². The van der Waals surface area contributed by atoms with Gasteiger partial charge >= 0.3 is 13.1 Å². The number of nitrogens with two attached hydrogens (primary N) is 1. The van der Waals surface area contributed by atoms with E-state index in [0.717, 1.165) is 0 Å². The number of ether oxygens (including phenoxy) is 1. The summed E-state index contributed by atoms with van der Waals surface area (Å²) in [7, 11) is -0.406. The monoisotopic (exact) mass is 209 g/mol. The molecule has 0 fully saturated rings. The van der Waals surface area contributed by atoms with Gasteiger partial charge in [0.05, 0.1) is 12.7 Å². The van der Waals surface area contributed by atoms with Gasteiger partial charge in [-0.15, -0.1) is 0 Å². The first-order valence-corrected chi connectivity index (χ1v) is 4.31. The van der Waals surface area contributed by atoms with Gasteiger partial charge in [0, 0.05) is 5.69 Å². The number of hydrogen-bond acceptors (Lipinski definition) is 5. The molecule has 6 heteroatoms. The third-order valence-electron chi connectivity index (χ3n) is 2.15. The average molecular weight is 209 g/mol. The van der Waals surface area contributed by atoms with E-state index in [2.05, 4.69) is 4.74 Å². The van der Waals surface area contributed by atoms with Gasteiger partial charge in [-0.2, -0.15) is 0 Å². The lowest BCUT2D eigenvalue weighted by Gasteiger charge is -2.10. The topological polar surface area (TPSA) is 92.8 Å². The predicted molar refractivity (Wildman–Crippen MR) is 56.8 cm³/mol. The second-order valence-electron chi connectivity index (χ2n) is 3.15. The van der Waals surface area contributed by atoms with Gasteiger partial charge in [-0.05, 0) is 30.1 Å². The van der Waals surface area contributed by atoms with Gasteiger partial charge in [0.1, 0.15) is 0 Å². The number of nitrogen functional groups attached to an aromatic ring is 1. The Hall–Kier alpha value is -1.53. The first-order valence-electron chi connectivity index (χ1n) is 4.31. The summed E-state index contributed by atoms with van der Waals surface area (Å²) in [5.41, 5.74) is 6.70. The maximum Gasteiger partial charge on any atom is 0.488 e. The molecule has 0 atom stereocenters. The van der Waals surface area contributed by atoms with Crippen LogP contribution in [0.15, 0.2) is 12.1 Å². The highest BCUT2D eigenvalue weighted by molar-refractivity contribution is 6.59. The van der Waals surface area contributed by atoms with Crippen molar-refractivity contribution in [3.63, 3.8) is 0 Å². The van der Waals surface area contributed by atoms with E-state index in [-0.39, 0.29) is 16.7 Å². The maximum atomic E-state index is 11.3. The fourth-order valence-corrected chi connectivity index (χ4v) is 1.35. The van der Waals surface area contributed by atoms with Crippen molar-refractivity contribution in [3.8, 4) is 0 Å². The molecule has 1 aromatic carbocycles. The number of methoxy groups -OCH3 is 1. The lowest BCUT2D eigenvalue weighted by molar-refractivity contribution is 0.0600. The van der Waals surface area contributed by atoms with Gasteiger partial charge in [0.2, 0.25) is 0 Å². The zero-order chi connectivity index (χ0) is 11.6. The van der Waals surface area contributed by atoms with E-state index in [1.54, 1.807) is 6.92 Å². The summed E-state index contributed by atoms with van der Waals surface area (Å²) >= 11 is 0. The molecule has 0 bridgehead atoms. The predicted octanol–water partition coefficient (Wildman–Crippen LogP) is -0.956. The fraction of sp³-hybridized carbons (Fsp3) is 0.222. The van der Waals surface area contributed by atoms with Crippen LogP contribution in [0.4, 0.5) is 5.69 Å². The van der Waals surface area contributed by atoms with E-state index in [9.17, 15) is 4.79 Å². The van der Waals surface area contributed by atoms with Crippen LogP contribution in [-0.4, -0.2) is 30.2 Å². The van der Waals surface area contributed by atoms with Gasteiger partial charge in [0.15, 0.2) is 0 Å². The molecule has 0 saturated heterocycles. The highest BCUT2D eigenvalue weighted by atomic mass is 16.5. The SMILES string of the molecule is COC(=O)c1cc(N)cc(B(O)O)c1C. The number of hydrogen-bond donors (Lipinski definition) is 3. The summed E-state index contributed by atoms with van der Waals surface area (Å²) in [6, 6.07) is 2.85. The van der Waals surface area contributed by atoms with Crippen LogP contribution >= 0.6 is 0 Å². The normalized spacial score (nSPS) is 9.87. The second-order valence-corrected chi connectivity index (χ2v) is 3.15. The molecule has 15 heavy (non-hydrogen) atoms. The van der Waals surface area contributed by atoms with Crippen LogP contribution in [0, 0.1) is 6.92 Å². The summed E-state index contributed by atoms with van der Waals surface area (Å²) in [4.78, 5) is 11.3. The van der Waals surface area contributed by atoms with Gasteiger partial charge in [-0.3, -0.25) is 0 Å². The molecule has 80 valence electrons. The van der Waals surface area contributed by atoms with Crippen molar-refractivity contribution in [2.75, 3.05) is 12.8 Å². The highest BCUT2D eigenvalue weighted by Gasteiger charge is 2.20. The molecule has 0 aliphatic heterocycles. The molecule has 0 heterocycles. The highest BCUT2D eigenvalue weighted by Crippen LogP contribution is 2.12. The Labute approximate surface area is 87.6 Å². The second kappa shape index (κ2) is 4.33. The lowest BCUT2D eigenvalue weighted by Crippen LogP contribution is -2.33. The fourth-order valence-electron chi connectivity index (χ4n) is 1.35. The van der Waals surface area contributed by atoms with E-state index >= 15 is 0 Å². The summed E-state index contributed by atoms with van der Waals surface area (Å²) in [6.07, 6.45) is 0. The number of rotatable bonds is 2. The minimum absolute atomic E-state index is 0.204. The van der Waals surface area contributed by atoms with Gasteiger partial charge in [-0.25, -0.2) is 4.79 Å². The lowest BCUT2D eigenvalue weighted by atomic mass is 9.76. The van der Waals surface area contributed by atoms with Crippen molar-refractivity contribution < 1.29 is 19.6 Å². The number of carbonyl (C=O) groups excluding carboxylic acids is 1. The van der Waals surface area contributed by atoms with Crippen LogP contribution in [-0.2, 0) is 4.74 Å². The van der Waals surface area contributed by atoms with E-state index in [0.29, 0.717) is 5.56 Å². The number of carbonyl (C=O) groups is 1. The molecular formula is C9H12BNO4. The zero-order valence-corrected chi connectivity index (χ0v) is 8.52. The Kier molecular flexibility index (Phi) is 3.33. The molecule has 4 N–H and O–H groups in total. The molecule has 0 aliphatic rings. The van der Waals surface area contributed by atoms with Crippen molar-refractivity contribution in [1.29, 1.82) is 0 Å². The Morgan fingerprint density at radius 3 is 2.53 bits per heavy atom. The largest absolute Gasteiger partial charge is 0.488 e. The Bertz CT molecular complexity index is 392. The summed E-state index contributed by atoms with van der Waals surface area (Å²) in [5.74, 6) is -0.554. The van der Waals surface area contributed by atoms with Gasteiger partial charge in [0.25, 0.3) is 0 Å². The van der Waals surface area contributed by atoms with Crippen molar-refractivity contribution in [2.45, 2.75) is 6.92 Å². The van der Waals surface area contributed by atoms with Crippen molar-refractivity contribution in [2.24, 2.45) is 0 Å². The Morgan fingerprint density at radius 2 is 2.07 bits per heavy atom. The van der Waals surface area contributed by atoms with Crippen LogP contribution in [0.1, 0.15) is 15.9 Å². The van der Waals surface area contributed by atoms with Crippen molar-refractivity contribution >= 4 is 24.2 Å². The summed E-state index contributed by atoms with van der Waals surface area (Å²) < 4.78 is 4.55. The third kappa shape index (κ3) is 2.29. The number of benzene rings is 1. The third-order valence-corrected chi connectivity index (χ3v) is 2.15. The zero-order valence-electron chi connectivity index (χ0n) is 8.52. The molecule has 1 aromatic rings. The van der Waals surface area contributed by atoms with Crippen LogP contribution < -0.4 is 11.2 Å². The summed E-state index contributed by atoms with van der Waals surface area (Å²) in [6.45, 7) is 1.60. The van der Waals surface area contributed by atoms with E-state index < -0.39 is 13.1 Å². The van der Waals surface area contributed by atoms with E-state index in [1.807, 2.05) is 0 Å². The molecule has 1 rings (SSSR count). The average Bonchev–Trinajstić information content (AvgIpc) is 2.19. The van der Waals surface area contributed by atoms with Crippen LogP contribution in [0.5, 0.6) is 0 Å². The maximum absolute atomic E-state index is 11.3. The van der Waals surface area contributed by atoms with E-state index in [1.165, 1.54) is 19.2 Å². The number of esters is 1. The first-order chi connectivity index (χ1) is 6.97. The molecule has 0 aromatic heterocycles. The molecule has 0 amide bonds. The van der Waals surface area contributed by atoms with Gasteiger partial charge < -0.3 is 20.5 Å². The van der Waals surface area contributed by atoms with Crippen LogP contribution in [0.2, 0.25) is 0 Å². The van der Waals surface area contributed by atoms with E-state index in [4.69, 9.17) is 15.8 Å². The first kappa shape index (κ1) is 11.5. The Morgan fingerprint density at radius 1 is 1.47 bits per heavy atom. The molecule has 0 spiro atoms. The quantitative estimate of drug-likeness (QED) is 0.331. The van der Waals surface area contributed by atoms with Crippen molar-refractivity contribution in [3.05, 3.63) is 23.3 Å². The molecule has 5 nitrogen and oxygen atoms in total. The molecule has 0 unspecified atom stereocenters. The van der Waals surface area contributed by atoms with Crippen LogP contribution in [0.3, 0.4) is 0 Å². The van der Waals surface area contributed by atoms with Crippen molar-refractivity contribution in [1.82, 2.24) is 0 Å². The number of anilines is 1. The van der Waals surface area contributed by atoms with Crippen LogP contribution in [0.25, 0.3) is 0 Å². The smallest absolute Gasteiger partial charge is 0.465 e. The molecule has 0 aliphatic carbocycles. The Balaban J connectivity index is 3.34. The molecular weight excluding hydrogens is 197 g/mol. The molecule has 0 radical (unpaired) electrons.